The molecular formula is C41H48N4O7. The molecule has 0 spiro atoms. The van der Waals surface area contributed by atoms with E-state index in [0.717, 1.165) is 55.9 Å². The van der Waals surface area contributed by atoms with E-state index in [0.29, 0.717) is 48.6 Å². The van der Waals surface area contributed by atoms with Crippen LogP contribution in [0.2, 0.25) is 0 Å². The van der Waals surface area contributed by atoms with Crippen LogP contribution in [0.1, 0.15) is 70.6 Å². The Kier molecular flexibility index (Phi) is 10.5. The van der Waals surface area contributed by atoms with Crippen LogP contribution >= 0.6 is 0 Å². The molecule has 3 aromatic rings. The fraction of sp³-hybridized carbons (Fsp3) is 0.488. The molecule has 5 atom stereocenters. The van der Waals surface area contributed by atoms with Crippen LogP contribution in [0.3, 0.4) is 0 Å². The first-order valence-electron chi connectivity index (χ1n) is 18.8. The number of methoxy groups -OCH3 is 1. The first kappa shape index (κ1) is 35.5. The third-order valence-electron chi connectivity index (χ3n) is 11.2. The molecule has 11 nitrogen and oxygen atoms in total. The zero-order valence-electron chi connectivity index (χ0n) is 29.8. The lowest BCUT2D eigenvalue weighted by Crippen LogP contribution is -2.54. The number of fused-ring (bicyclic) bond motifs is 3. The average Bonchev–Trinajstić information content (AvgIpc) is 3.70. The average molecular weight is 709 g/mol. The normalized spacial score (nSPS) is 26.8. The zero-order chi connectivity index (χ0) is 36.2. The molecule has 4 heterocycles. The molecule has 4 aliphatic rings. The molecule has 3 aliphatic heterocycles. The van der Waals surface area contributed by atoms with Gasteiger partial charge in [-0.2, -0.15) is 0 Å². The molecule has 274 valence electrons. The number of likely N-dealkylation sites (tertiary alicyclic amines) is 1. The predicted molar refractivity (Wildman–Crippen MR) is 196 cm³/mol. The van der Waals surface area contributed by atoms with E-state index in [1.807, 2.05) is 71.6 Å². The Morgan fingerprint density at radius 2 is 1.79 bits per heavy atom. The van der Waals surface area contributed by atoms with Crippen molar-refractivity contribution in [3.8, 4) is 22.8 Å². The number of hydrogen-bond donors (Lipinski definition) is 2. The summed E-state index contributed by atoms with van der Waals surface area (Å²) in [5.41, 5.74) is 0.866. The molecule has 52 heavy (non-hydrogen) atoms. The van der Waals surface area contributed by atoms with Gasteiger partial charge in [-0.1, -0.05) is 55.3 Å². The summed E-state index contributed by atoms with van der Waals surface area (Å²) in [6, 6.07) is 16.2. The van der Waals surface area contributed by atoms with Crippen molar-refractivity contribution >= 4 is 34.6 Å². The highest BCUT2D eigenvalue weighted by Gasteiger charge is 2.61. The molecule has 7 rings (SSSR count). The number of piperidine rings is 1. The second-order valence-electron chi connectivity index (χ2n) is 14.7. The van der Waals surface area contributed by atoms with Crippen molar-refractivity contribution in [1.82, 2.24) is 20.1 Å². The van der Waals surface area contributed by atoms with E-state index in [9.17, 15) is 24.3 Å². The molecule has 0 radical (unpaired) electrons. The van der Waals surface area contributed by atoms with Crippen LogP contribution < -0.4 is 14.8 Å². The Morgan fingerprint density at radius 1 is 1.00 bits per heavy atom. The standard InChI is InChI=1S/C41H48N4O7/c1-51-30-17-18-32-34(22-30)42-33(27-13-8-5-9-14-27)24-36(32)52-31-23-35-38(47)43-41(40(49)50)25-29(41)16-10-4-2-3-7-15-28(39(48)45(35)26-31)21-37(46)44-19-11-6-12-20-44/h5,8-10,13-14,16-18,22,24,28-29,31,35H,2-4,6-7,11-12,15,19-21,23,25-26H2,1H3,(H,43,47)(H,49,50)/t28-,29?,31-,35+,41-/m1/s1. The molecule has 2 N–H and O–H groups in total. The number of nitrogens with zero attached hydrogens (tertiary/aromatic N) is 3. The maximum atomic E-state index is 14.6. The van der Waals surface area contributed by atoms with Gasteiger partial charge in [0.25, 0.3) is 0 Å². The summed E-state index contributed by atoms with van der Waals surface area (Å²) in [7, 11) is 1.60. The first-order valence-corrected chi connectivity index (χ1v) is 18.8. The van der Waals surface area contributed by atoms with Crippen LogP contribution in [0.15, 0.2) is 66.7 Å². The van der Waals surface area contributed by atoms with Crippen molar-refractivity contribution < 1.29 is 33.8 Å². The van der Waals surface area contributed by atoms with Crippen LogP contribution in [0.4, 0.5) is 0 Å². The first-order chi connectivity index (χ1) is 25.3. The van der Waals surface area contributed by atoms with E-state index in [2.05, 4.69) is 5.32 Å². The number of ether oxygens (including phenoxy) is 2. The predicted octanol–water partition coefficient (Wildman–Crippen LogP) is 5.76. The lowest BCUT2D eigenvalue weighted by atomic mass is 9.94. The van der Waals surface area contributed by atoms with E-state index < -0.39 is 35.5 Å². The monoisotopic (exact) mass is 708 g/mol. The molecule has 1 aromatic heterocycles. The van der Waals surface area contributed by atoms with Crippen molar-refractivity contribution in [3.63, 3.8) is 0 Å². The third kappa shape index (κ3) is 7.49. The highest BCUT2D eigenvalue weighted by Crippen LogP contribution is 2.45. The Hall–Kier alpha value is -4.93. The van der Waals surface area contributed by atoms with E-state index in [-0.39, 0.29) is 37.1 Å². The number of nitrogens with one attached hydrogen (secondary N) is 1. The second-order valence-corrected chi connectivity index (χ2v) is 14.7. The molecule has 11 heteroatoms. The SMILES string of the molecule is COc1ccc2c(O[C@@H]3C[C@H]4C(=O)N[C@]5(C(=O)O)CC5C=CCCCCC[C@H](CC(=O)N5CCCCC5)C(=O)N4C3)cc(-c3ccccc3)nc2c1. The number of allylic oxidation sites excluding steroid dienone is 1. The number of rotatable bonds is 7. The van der Waals surface area contributed by atoms with Gasteiger partial charge in [-0.05, 0) is 57.1 Å². The highest BCUT2D eigenvalue weighted by atomic mass is 16.5. The number of aliphatic carboxylic acids is 1. The number of carboxylic acids is 1. The minimum absolute atomic E-state index is 0.0234. The Labute approximate surface area is 304 Å². The molecule has 3 fully saturated rings. The Morgan fingerprint density at radius 3 is 2.56 bits per heavy atom. The number of benzene rings is 2. The van der Waals surface area contributed by atoms with Crippen LogP contribution in [0.25, 0.3) is 22.2 Å². The van der Waals surface area contributed by atoms with Crippen molar-refractivity contribution in [1.29, 1.82) is 0 Å². The van der Waals surface area contributed by atoms with Crippen LogP contribution in [-0.4, -0.2) is 88.0 Å². The topological polar surface area (TPSA) is 138 Å². The van der Waals surface area contributed by atoms with Gasteiger partial charge in [0.2, 0.25) is 17.7 Å². The van der Waals surface area contributed by atoms with Gasteiger partial charge in [-0.15, -0.1) is 0 Å². The summed E-state index contributed by atoms with van der Waals surface area (Å²) in [6.07, 6.45) is 10.8. The maximum Gasteiger partial charge on any atom is 0.330 e. The number of carbonyl (C=O) groups is 4. The van der Waals surface area contributed by atoms with Gasteiger partial charge in [0.15, 0.2) is 0 Å². The van der Waals surface area contributed by atoms with E-state index >= 15 is 0 Å². The smallest absolute Gasteiger partial charge is 0.330 e. The molecule has 1 unspecified atom stereocenters. The fourth-order valence-corrected chi connectivity index (χ4v) is 8.10. The van der Waals surface area contributed by atoms with Gasteiger partial charge in [-0.25, -0.2) is 9.78 Å². The summed E-state index contributed by atoms with van der Waals surface area (Å²) in [5, 5.41) is 13.9. The van der Waals surface area contributed by atoms with Crippen molar-refractivity contribution in [2.24, 2.45) is 11.8 Å². The van der Waals surface area contributed by atoms with Gasteiger partial charge < -0.3 is 29.7 Å². The molecule has 2 aromatic carbocycles. The molecule has 1 saturated carbocycles. The number of amides is 3. The lowest BCUT2D eigenvalue weighted by molar-refractivity contribution is -0.147. The zero-order valence-corrected chi connectivity index (χ0v) is 29.8. The van der Waals surface area contributed by atoms with Crippen molar-refractivity contribution in [2.75, 3.05) is 26.7 Å². The summed E-state index contributed by atoms with van der Waals surface area (Å²) in [4.78, 5) is 63.2. The summed E-state index contributed by atoms with van der Waals surface area (Å²) in [5.74, 6) is -1.58. The number of pyridine rings is 1. The molecular weight excluding hydrogens is 660 g/mol. The maximum absolute atomic E-state index is 14.6. The van der Waals surface area contributed by atoms with Gasteiger partial charge >= 0.3 is 5.97 Å². The van der Waals surface area contributed by atoms with E-state index in [1.165, 1.54) is 0 Å². The number of carboxylic acid groups (broad SMARTS) is 1. The van der Waals surface area contributed by atoms with Gasteiger partial charge in [-0.3, -0.25) is 14.4 Å². The molecule has 3 amide bonds. The Balaban J connectivity index is 1.21. The van der Waals surface area contributed by atoms with Crippen molar-refractivity contribution in [3.05, 3.63) is 66.7 Å². The quantitative estimate of drug-likeness (QED) is 0.296. The minimum atomic E-state index is -1.41. The number of carbonyl (C=O) groups excluding carboxylic acids is 3. The van der Waals surface area contributed by atoms with Gasteiger partial charge in [0.1, 0.15) is 29.2 Å². The largest absolute Gasteiger partial charge is 0.497 e. The molecule has 2 saturated heterocycles. The summed E-state index contributed by atoms with van der Waals surface area (Å²) >= 11 is 0. The summed E-state index contributed by atoms with van der Waals surface area (Å²) in [6.45, 7) is 1.52. The van der Waals surface area contributed by atoms with E-state index in [4.69, 9.17) is 14.5 Å². The third-order valence-corrected chi connectivity index (χ3v) is 11.2. The highest BCUT2D eigenvalue weighted by molar-refractivity contribution is 5.96. The fourth-order valence-electron chi connectivity index (χ4n) is 8.10. The van der Waals surface area contributed by atoms with Gasteiger partial charge in [0, 0.05) is 60.8 Å². The number of aromatic nitrogens is 1. The second kappa shape index (κ2) is 15.4. The molecule has 1 aliphatic carbocycles. The van der Waals surface area contributed by atoms with Crippen LogP contribution in [-0.2, 0) is 19.2 Å². The van der Waals surface area contributed by atoms with Crippen molar-refractivity contribution in [2.45, 2.75) is 88.3 Å². The van der Waals surface area contributed by atoms with Crippen LogP contribution in [0.5, 0.6) is 11.5 Å². The lowest BCUT2D eigenvalue weighted by Gasteiger charge is -2.31. The number of hydrogen-bond acceptors (Lipinski definition) is 7. The minimum Gasteiger partial charge on any atom is -0.497 e. The Bertz CT molecular complexity index is 1840. The van der Waals surface area contributed by atoms with Gasteiger partial charge in [0.05, 0.1) is 24.9 Å². The van der Waals surface area contributed by atoms with Crippen LogP contribution in [0, 0.1) is 11.8 Å². The molecule has 0 bridgehead atoms. The summed E-state index contributed by atoms with van der Waals surface area (Å²) < 4.78 is 12.2. The van der Waals surface area contributed by atoms with E-state index in [1.54, 1.807) is 12.0 Å².